The highest BCUT2D eigenvalue weighted by atomic mass is 35.5. The van der Waals surface area contributed by atoms with Gasteiger partial charge in [-0.1, -0.05) is 41.4 Å². The van der Waals surface area contributed by atoms with Gasteiger partial charge in [-0.2, -0.15) is 0 Å². The van der Waals surface area contributed by atoms with E-state index in [2.05, 4.69) is 36.5 Å². The van der Waals surface area contributed by atoms with Crippen LogP contribution in [0, 0.1) is 6.92 Å². The maximum atomic E-state index is 12.0. The molecule has 22 heavy (non-hydrogen) atoms. The van der Waals surface area contributed by atoms with E-state index in [0.717, 1.165) is 17.8 Å². The SMILES string of the molecule is Cc1ccc([C@H]2CC(=O)C=C(Nc3ccc(Cl)cc3)C2)cc1. The zero-order chi connectivity index (χ0) is 15.5. The average molecular weight is 312 g/mol. The molecule has 0 unspecified atom stereocenters. The Hall–Kier alpha value is -2.06. The van der Waals surface area contributed by atoms with Crippen molar-refractivity contribution in [1.82, 2.24) is 0 Å². The zero-order valence-electron chi connectivity index (χ0n) is 12.5. The zero-order valence-corrected chi connectivity index (χ0v) is 13.2. The van der Waals surface area contributed by atoms with Crippen molar-refractivity contribution in [3.63, 3.8) is 0 Å². The van der Waals surface area contributed by atoms with Crippen LogP contribution in [0.4, 0.5) is 5.69 Å². The van der Waals surface area contributed by atoms with Gasteiger partial charge in [0.15, 0.2) is 5.78 Å². The number of carbonyl (C=O) groups excluding carboxylic acids is 1. The summed E-state index contributed by atoms with van der Waals surface area (Å²) in [5, 5.41) is 4.04. The quantitative estimate of drug-likeness (QED) is 0.855. The van der Waals surface area contributed by atoms with E-state index in [4.69, 9.17) is 11.6 Å². The Morgan fingerprint density at radius 3 is 2.36 bits per heavy atom. The third-order valence-corrected chi connectivity index (χ3v) is 4.20. The van der Waals surface area contributed by atoms with E-state index in [1.54, 1.807) is 6.08 Å². The maximum absolute atomic E-state index is 12.0. The summed E-state index contributed by atoms with van der Waals surface area (Å²) in [5.41, 5.74) is 4.38. The summed E-state index contributed by atoms with van der Waals surface area (Å²) in [5.74, 6) is 0.418. The number of hydrogen-bond acceptors (Lipinski definition) is 2. The molecule has 1 N–H and O–H groups in total. The van der Waals surface area contributed by atoms with Gasteiger partial charge in [0.2, 0.25) is 0 Å². The first-order valence-corrected chi connectivity index (χ1v) is 7.80. The molecule has 1 aliphatic rings. The molecule has 2 nitrogen and oxygen atoms in total. The highest BCUT2D eigenvalue weighted by molar-refractivity contribution is 6.30. The second-order valence-corrected chi connectivity index (χ2v) is 6.22. The standard InChI is InChI=1S/C19H18ClNO/c1-13-2-4-14(5-3-13)15-10-18(12-19(22)11-15)21-17-8-6-16(20)7-9-17/h2-9,12,15,21H,10-11H2,1H3/t15-/m1/s1. The van der Waals surface area contributed by atoms with Gasteiger partial charge >= 0.3 is 0 Å². The van der Waals surface area contributed by atoms with Gasteiger partial charge in [0.25, 0.3) is 0 Å². The van der Waals surface area contributed by atoms with Crippen molar-refractivity contribution in [2.75, 3.05) is 5.32 Å². The molecule has 0 aliphatic heterocycles. The van der Waals surface area contributed by atoms with Gasteiger partial charge in [-0.15, -0.1) is 0 Å². The summed E-state index contributed by atoms with van der Waals surface area (Å²) < 4.78 is 0. The molecule has 0 saturated heterocycles. The summed E-state index contributed by atoms with van der Waals surface area (Å²) >= 11 is 5.90. The Morgan fingerprint density at radius 2 is 1.68 bits per heavy atom. The van der Waals surface area contributed by atoms with Crippen molar-refractivity contribution in [3.8, 4) is 0 Å². The molecule has 0 saturated carbocycles. The molecule has 0 amide bonds. The molecule has 3 heteroatoms. The van der Waals surface area contributed by atoms with Crippen molar-refractivity contribution < 1.29 is 4.79 Å². The molecule has 2 aromatic rings. The van der Waals surface area contributed by atoms with Crippen LogP contribution in [0.2, 0.25) is 5.02 Å². The molecular formula is C19H18ClNO. The second kappa shape index (κ2) is 6.37. The molecule has 0 fully saturated rings. The lowest BCUT2D eigenvalue weighted by molar-refractivity contribution is -0.115. The van der Waals surface area contributed by atoms with Crippen molar-refractivity contribution in [1.29, 1.82) is 0 Å². The summed E-state index contributed by atoms with van der Waals surface area (Å²) in [6, 6.07) is 16.0. The van der Waals surface area contributed by atoms with Crippen LogP contribution in [0.5, 0.6) is 0 Å². The predicted octanol–water partition coefficient (Wildman–Crippen LogP) is 5.09. The Labute approximate surface area is 135 Å². The van der Waals surface area contributed by atoms with Crippen LogP contribution in [0.1, 0.15) is 29.9 Å². The minimum atomic E-state index is 0.174. The summed E-state index contributed by atoms with van der Waals surface area (Å²) in [4.78, 5) is 12.0. The van der Waals surface area contributed by atoms with E-state index >= 15 is 0 Å². The van der Waals surface area contributed by atoms with Gasteiger partial charge in [0.1, 0.15) is 0 Å². The predicted molar refractivity (Wildman–Crippen MR) is 91.3 cm³/mol. The lowest BCUT2D eigenvalue weighted by Crippen LogP contribution is -2.16. The van der Waals surface area contributed by atoms with Crippen LogP contribution in [0.25, 0.3) is 0 Å². The molecule has 2 aromatic carbocycles. The molecule has 0 bridgehead atoms. The topological polar surface area (TPSA) is 29.1 Å². The third kappa shape index (κ3) is 3.58. The van der Waals surface area contributed by atoms with Crippen molar-refractivity contribution in [2.24, 2.45) is 0 Å². The van der Waals surface area contributed by atoms with Crippen LogP contribution in [-0.4, -0.2) is 5.78 Å². The van der Waals surface area contributed by atoms with Gasteiger partial charge in [0.05, 0.1) is 0 Å². The molecular weight excluding hydrogens is 294 g/mol. The molecule has 3 rings (SSSR count). The fourth-order valence-corrected chi connectivity index (χ4v) is 2.90. The van der Waals surface area contributed by atoms with Crippen LogP contribution >= 0.6 is 11.6 Å². The van der Waals surface area contributed by atoms with Crippen LogP contribution < -0.4 is 5.32 Å². The Balaban J connectivity index is 1.76. The lowest BCUT2D eigenvalue weighted by atomic mass is 9.85. The van der Waals surface area contributed by atoms with E-state index in [1.807, 2.05) is 24.3 Å². The first kappa shape index (κ1) is 14.9. The number of aryl methyl sites for hydroxylation is 1. The minimum absolute atomic E-state index is 0.174. The summed E-state index contributed by atoms with van der Waals surface area (Å²) in [6.07, 6.45) is 3.14. The number of nitrogens with one attached hydrogen (secondary N) is 1. The number of allylic oxidation sites excluding steroid dienone is 2. The normalized spacial score (nSPS) is 18.0. The van der Waals surface area contributed by atoms with Crippen molar-refractivity contribution in [2.45, 2.75) is 25.7 Å². The lowest BCUT2D eigenvalue weighted by Gasteiger charge is -2.23. The Kier molecular flexibility index (Phi) is 4.30. The van der Waals surface area contributed by atoms with Crippen LogP contribution in [0.3, 0.4) is 0 Å². The monoisotopic (exact) mass is 311 g/mol. The van der Waals surface area contributed by atoms with E-state index < -0.39 is 0 Å². The van der Waals surface area contributed by atoms with Crippen LogP contribution in [0.15, 0.2) is 60.3 Å². The molecule has 0 aromatic heterocycles. The maximum Gasteiger partial charge on any atom is 0.158 e. The fourth-order valence-electron chi connectivity index (χ4n) is 2.77. The number of ketones is 1. The fraction of sp³-hybridized carbons (Fsp3) is 0.211. The molecule has 112 valence electrons. The molecule has 1 atom stereocenters. The first-order valence-electron chi connectivity index (χ1n) is 7.43. The Bertz CT molecular complexity index is 701. The second-order valence-electron chi connectivity index (χ2n) is 5.78. The van der Waals surface area contributed by atoms with Gasteiger partial charge in [0, 0.05) is 28.9 Å². The molecule has 1 aliphatic carbocycles. The Morgan fingerprint density at radius 1 is 1.00 bits per heavy atom. The molecule has 0 heterocycles. The molecule has 0 radical (unpaired) electrons. The average Bonchev–Trinajstić information content (AvgIpc) is 2.50. The number of hydrogen-bond donors (Lipinski definition) is 1. The number of benzene rings is 2. The van der Waals surface area contributed by atoms with Crippen molar-refractivity contribution in [3.05, 3.63) is 76.5 Å². The molecule has 0 spiro atoms. The summed E-state index contributed by atoms with van der Waals surface area (Å²) in [6.45, 7) is 2.07. The van der Waals surface area contributed by atoms with E-state index in [0.29, 0.717) is 11.4 Å². The third-order valence-electron chi connectivity index (χ3n) is 3.95. The van der Waals surface area contributed by atoms with E-state index in [1.165, 1.54) is 11.1 Å². The largest absolute Gasteiger partial charge is 0.359 e. The summed E-state index contributed by atoms with van der Waals surface area (Å²) in [7, 11) is 0. The number of carbonyl (C=O) groups is 1. The van der Waals surface area contributed by atoms with E-state index in [-0.39, 0.29) is 11.7 Å². The number of anilines is 1. The van der Waals surface area contributed by atoms with Crippen molar-refractivity contribution >= 4 is 23.1 Å². The smallest absolute Gasteiger partial charge is 0.158 e. The highest BCUT2D eigenvalue weighted by Crippen LogP contribution is 2.32. The number of halogens is 1. The first-order chi connectivity index (χ1) is 10.6. The number of rotatable bonds is 3. The minimum Gasteiger partial charge on any atom is -0.359 e. The highest BCUT2D eigenvalue weighted by Gasteiger charge is 2.22. The van der Waals surface area contributed by atoms with Gasteiger partial charge in [-0.3, -0.25) is 4.79 Å². The van der Waals surface area contributed by atoms with Crippen LogP contribution in [-0.2, 0) is 4.79 Å². The van der Waals surface area contributed by atoms with Gasteiger partial charge < -0.3 is 5.32 Å². The van der Waals surface area contributed by atoms with Gasteiger partial charge in [-0.25, -0.2) is 0 Å². The van der Waals surface area contributed by atoms with E-state index in [9.17, 15) is 4.79 Å². The van der Waals surface area contributed by atoms with Gasteiger partial charge in [-0.05, 0) is 49.1 Å².